The second kappa shape index (κ2) is 13.3. The van der Waals surface area contributed by atoms with Crippen LogP contribution in [0.1, 0.15) is 68.7 Å². The number of alkyl carbamates (subject to hydrolysis) is 1. The third-order valence-electron chi connectivity index (χ3n) is 9.23. The Bertz CT molecular complexity index is 1960. The highest BCUT2D eigenvalue weighted by atomic mass is 16.5. The van der Waals surface area contributed by atoms with Gasteiger partial charge in [0.1, 0.15) is 24.1 Å². The van der Waals surface area contributed by atoms with Gasteiger partial charge >= 0.3 is 12.2 Å². The van der Waals surface area contributed by atoms with E-state index in [1.54, 1.807) is 30.0 Å². The third kappa shape index (κ3) is 6.23. The average Bonchev–Trinajstić information content (AvgIpc) is 3.90. The first kappa shape index (κ1) is 32.4. The van der Waals surface area contributed by atoms with Gasteiger partial charge in [0.2, 0.25) is 11.8 Å². The lowest BCUT2D eigenvalue weighted by molar-refractivity contribution is -0.136. The molecule has 2 aromatic heterocycles. The summed E-state index contributed by atoms with van der Waals surface area (Å²) in [6.07, 6.45) is 2.89. The number of ether oxygens (including phenoxy) is 1. The monoisotopic (exact) mass is 654 g/mol. The summed E-state index contributed by atoms with van der Waals surface area (Å²) in [6.45, 7) is 4.37. The SMILES string of the molecule is COC(=O)N[C@@H](C)C(=O)N1CCC[C@H]1n1cnc2cc(C#Cc3ccc4nc([C@@H]5CCCN5C(=O)[C@H](C)N(C)C(=O)O)[nH]c4c3)ccc21. The summed E-state index contributed by atoms with van der Waals surface area (Å²) < 4.78 is 6.64. The molecule has 4 aromatic rings. The maximum absolute atomic E-state index is 13.1. The van der Waals surface area contributed by atoms with E-state index in [4.69, 9.17) is 4.98 Å². The van der Waals surface area contributed by atoms with Crippen LogP contribution in [0, 0.1) is 11.8 Å². The van der Waals surface area contributed by atoms with Crippen molar-refractivity contribution in [3.8, 4) is 11.8 Å². The number of benzene rings is 2. The van der Waals surface area contributed by atoms with Gasteiger partial charge in [0.25, 0.3) is 0 Å². The zero-order valence-electron chi connectivity index (χ0n) is 27.3. The number of imidazole rings is 2. The van der Waals surface area contributed by atoms with Crippen LogP contribution in [0.25, 0.3) is 22.1 Å². The number of aromatic amines is 1. The molecule has 2 saturated heterocycles. The lowest BCUT2D eigenvalue weighted by Crippen LogP contribution is -2.47. The molecular formula is C34H38N8O6. The molecule has 4 atom stereocenters. The summed E-state index contributed by atoms with van der Waals surface area (Å²) in [7, 11) is 2.66. The quantitative estimate of drug-likeness (QED) is 0.264. The Labute approximate surface area is 277 Å². The number of nitrogens with zero attached hydrogens (tertiary/aromatic N) is 6. The third-order valence-corrected chi connectivity index (χ3v) is 9.23. The zero-order valence-corrected chi connectivity index (χ0v) is 27.3. The van der Waals surface area contributed by atoms with Crippen LogP contribution in [0.2, 0.25) is 0 Å². The van der Waals surface area contributed by atoms with E-state index in [0.717, 1.165) is 63.8 Å². The van der Waals surface area contributed by atoms with Crippen LogP contribution in [-0.2, 0) is 14.3 Å². The van der Waals surface area contributed by atoms with Gasteiger partial charge < -0.3 is 34.5 Å². The number of fused-ring (bicyclic) bond motifs is 2. The smallest absolute Gasteiger partial charge is 0.407 e. The van der Waals surface area contributed by atoms with Gasteiger partial charge in [-0.05, 0) is 75.9 Å². The fourth-order valence-corrected chi connectivity index (χ4v) is 6.48. The fourth-order valence-electron chi connectivity index (χ4n) is 6.48. The van der Waals surface area contributed by atoms with Crippen molar-refractivity contribution in [3.05, 3.63) is 59.7 Å². The number of amides is 4. The number of hydrogen-bond acceptors (Lipinski definition) is 7. The number of carboxylic acid groups (broad SMARTS) is 1. The van der Waals surface area contributed by atoms with Gasteiger partial charge in [0.15, 0.2) is 0 Å². The number of likely N-dealkylation sites (N-methyl/N-ethyl adjacent to an activating group) is 1. The van der Waals surface area contributed by atoms with E-state index < -0.39 is 24.3 Å². The lowest BCUT2D eigenvalue weighted by atomic mass is 10.1. The number of methoxy groups -OCH3 is 1. The summed E-state index contributed by atoms with van der Waals surface area (Å²) in [6, 6.07) is 9.75. The topological polar surface area (TPSA) is 166 Å². The first-order chi connectivity index (χ1) is 23.0. The first-order valence-electron chi connectivity index (χ1n) is 15.9. The molecule has 14 nitrogen and oxygen atoms in total. The van der Waals surface area contributed by atoms with Crippen LogP contribution in [-0.4, -0.2) is 103 Å². The predicted molar refractivity (Wildman–Crippen MR) is 176 cm³/mol. The van der Waals surface area contributed by atoms with Crippen molar-refractivity contribution in [1.29, 1.82) is 0 Å². The van der Waals surface area contributed by atoms with Crippen molar-refractivity contribution in [1.82, 2.24) is 39.5 Å². The average molecular weight is 655 g/mol. The van der Waals surface area contributed by atoms with E-state index in [1.165, 1.54) is 14.2 Å². The highest BCUT2D eigenvalue weighted by Gasteiger charge is 2.37. The Kier molecular flexibility index (Phi) is 8.95. The molecule has 2 fully saturated rings. The molecule has 250 valence electrons. The van der Waals surface area contributed by atoms with Crippen LogP contribution in [0.4, 0.5) is 9.59 Å². The molecule has 2 aromatic carbocycles. The summed E-state index contributed by atoms with van der Waals surface area (Å²) in [4.78, 5) is 66.5. The van der Waals surface area contributed by atoms with Crippen LogP contribution < -0.4 is 5.32 Å². The molecule has 4 heterocycles. The normalized spacial score (nSPS) is 18.8. The lowest BCUT2D eigenvalue weighted by Gasteiger charge is -2.29. The number of carbonyl (C=O) groups is 4. The van der Waals surface area contributed by atoms with Gasteiger partial charge in [-0.1, -0.05) is 11.8 Å². The molecule has 0 aliphatic carbocycles. The molecule has 0 spiro atoms. The Hall–Kier alpha value is -5.58. The summed E-state index contributed by atoms with van der Waals surface area (Å²) in [5, 5.41) is 11.9. The van der Waals surface area contributed by atoms with Crippen LogP contribution in [0.15, 0.2) is 42.7 Å². The van der Waals surface area contributed by atoms with E-state index in [9.17, 15) is 24.3 Å². The van der Waals surface area contributed by atoms with Gasteiger partial charge in [0.05, 0.1) is 41.5 Å². The highest BCUT2D eigenvalue weighted by Crippen LogP contribution is 2.33. The number of likely N-dealkylation sites (tertiary alicyclic amines) is 2. The second-order valence-corrected chi connectivity index (χ2v) is 12.2. The van der Waals surface area contributed by atoms with Crippen LogP contribution >= 0.6 is 0 Å². The van der Waals surface area contributed by atoms with Crippen molar-refractivity contribution in [2.24, 2.45) is 0 Å². The van der Waals surface area contributed by atoms with Gasteiger partial charge in [-0.2, -0.15) is 0 Å². The molecule has 4 amide bonds. The number of hydrogen-bond donors (Lipinski definition) is 3. The van der Waals surface area contributed by atoms with E-state index in [2.05, 4.69) is 31.9 Å². The van der Waals surface area contributed by atoms with Gasteiger partial charge in [-0.3, -0.25) is 14.5 Å². The molecule has 48 heavy (non-hydrogen) atoms. The maximum Gasteiger partial charge on any atom is 0.407 e. The predicted octanol–water partition coefficient (Wildman–Crippen LogP) is 3.84. The summed E-state index contributed by atoms with van der Waals surface area (Å²) in [5.74, 6) is 6.69. The molecule has 14 heteroatoms. The van der Waals surface area contributed by atoms with Crippen molar-refractivity contribution >= 4 is 46.1 Å². The Morgan fingerprint density at radius 3 is 2.46 bits per heavy atom. The number of rotatable bonds is 6. The second-order valence-electron chi connectivity index (χ2n) is 12.2. The molecule has 0 radical (unpaired) electrons. The van der Waals surface area contributed by atoms with Gasteiger partial charge in [0, 0.05) is 31.3 Å². The Balaban J connectivity index is 1.17. The molecule has 0 saturated carbocycles. The number of carbonyl (C=O) groups excluding carboxylic acids is 3. The van der Waals surface area contributed by atoms with Crippen molar-refractivity contribution in [2.75, 3.05) is 27.2 Å². The minimum atomic E-state index is -1.15. The maximum atomic E-state index is 13.1. The number of H-pyrrole nitrogens is 1. The summed E-state index contributed by atoms with van der Waals surface area (Å²) >= 11 is 0. The zero-order chi connectivity index (χ0) is 34.1. The molecule has 2 aliphatic heterocycles. The van der Waals surface area contributed by atoms with Crippen molar-refractivity contribution < 1.29 is 29.0 Å². The Morgan fingerprint density at radius 2 is 1.71 bits per heavy atom. The largest absolute Gasteiger partial charge is 0.465 e. The van der Waals surface area contributed by atoms with E-state index in [-0.39, 0.29) is 24.0 Å². The minimum absolute atomic E-state index is 0.180. The molecule has 6 rings (SSSR count). The van der Waals surface area contributed by atoms with Crippen LogP contribution in [0.3, 0.4) is 0 Å². The fraction of sp³-hybridized carbons (Fsp3) is 0.412. The van der Waals surface area contributed by atoms with Gasteiger partial charge in [-0.15, -0.1) is 0 Å². The molecule has 0 unspecified atom stereocenters. The van der Waals surface area contributed by atoms with E-state index in [0.29, 0.717) is 18.9 Å². The van der Waals surface area contributed by atoms with E-state index >= 15 is 0 Å². The van der Waals surface area contributed by atoms with Crippen molar-refractivity contribution in [2.45, 2.75) is 63.8 Å². The standard InChI is InChI=1S/C34H38N8O6/c1-20(36-33(45)48-4)31(43)41-16-6-8-29(41)42-19-35-26-18-23(12-14-27(26)42)10-9-22-11-13-24-25(17-22)38-30(37-24)28-7-5-15-40(28)32(44)21(2)39(3)34(46)47/h11-14,17-21,28-29H,5-8,15-16H2,1-4H3,(H,36,45)(H,37,38)(H,46,47)/t20-,21-,28-,29+/m0/s1. The number of nitrogens with one attached hydrogen (secondary N) is 2. The Morgan fingerprint density at radius 1 is 1.00 bits per heavy atom. The van der Waals surface area contributed by atoms with Gasteiger partial charge in [-0.25, -0.2) is 19.6 Å². The van der Waals surface area contributed by atoms with Crippen molar-refractivity contribution in [3.63, 3.8) is 0 Å². The molecule has 2 aliphatic rings. The first-order valence-corrected chi connectivity index (χ1v) is 15.9. The minimum Gasteiger partial charge on any atom is -0.465 e. The number of aromatic nitrogens is 4. The molecular weight excluding hydrogens is 616 g/mol. The highest BCUT2D eigenvalue weighted by molar-refractivity contribution is 5.87. The van der Waals surface area contributed by atoms with E-state index in [1.807, 2.05) is 41.0 Å². The van der Waals surface area contributed by atoms with Crippen LogP contribution in [0.5, 0.6) is 0 Å². The molecule has 0 bridgehead atoms. The summed E-state index contributed by atoms with van der Waals surface area (Å²) in [5.41, 5.74) is 4.77. The molecule has 3 N–H and O–H groups in total.